The molecule has 2 aromatic rings. The van der Waals surface area contributed by atoms with E-state index in [2.05, 4.69) is 0 Å². The van der Waals surface area contributed by atoms with Gasteiger partial charge in [-0.15, -0.1) is 0 Å². The predicted molar refractivity (Wildman–Crippen MR) is 69.9 cm³/mol. The van der Waals surface area contributed by atoms with E-state index in [0.717, 1.165) is 5.56 Å². The van der Waals surface area contributed by atoms with Crippen molar-refractivity contribution in [3.63, 3.8) is 0 Å². The van der Waals surface area contributed by atoms with Crippen molar-refractivity contribution in [2.75, 3.05) is 0 Å². The Morgan fingerprint density at radius 2 is 1.90 bits per heavy atom. The normalized spacial score (nSPS) is 17.4. The highest BCUT2D eigenvalue weighted by molar-refractivity contribution is 5.76. The summed E-state index contributed by atoms with van der Waals surface area (Å²) in [7, 11) is 0. The van der Waals surface area contributed by atoms with Gasteiger partial charge in [-0.25, -0.2) is 0 Å². The molecule has 5 nitrogen and oxygen atoms in total. The third-order valence-corrected chi connectivity index (χ3v) is 3.25. The largest absolute Gasteiger partial charge is 0.508 e. The Labute approximate surface area is 114 Å². The first-order chi connectivity index (χ1) is 9.54. The van der Waals surface area contributed by atoms with Crippen molar-refractivity contribution in [2.45, 2.75) is 19.3 Å². The molecule has 1 N–H and O–H groups in total. The molecule has 102 valence electrons. The van der Waals surface area contributed by atoms with Gasteiger partial charge in [-0.05, 0) is 24.6 Å². The van der Waals surface area contributed by atoms with E-state index in [4.69, 9.17) is 9.15 Å². The second-order valence-electron chi connectivity index (χ2n) is 4.74. The van der Waals surface area contributed by atoms with Gasteiger partial charge in [0.05, 0.1) is 12.3 Å². The number of carbonyl (C=O) groups is 1. The van der Waals surface area contributed by atoms with Gasteiger partial charge in [-0.3, -0.25) is 9.59 Å². The molecule has 1 aromatic carbocycles. The van der Waals surface area contributed by atoms with Gasteiger partial charge in [-0.2, -0.15) is 0 Å². The fraction of sp³-hybridized carbons (Fsp3) is 0.200. The average molecular weight is 272 g/mol. The van der Waals surface area contributed by atoms with Crippen LogP contribution >= 0.6 is 0 Å². The Kier molecular flexibility index (Phi) is 2.82. The number of phenols is 1. The van der Waals surface area contributed by atoms with E-state index < -0.39 is 5.97 Å². The Balaban J connectivity index is 2.17. The number of aryl methyl sites for hydroxylation is 1. The van der Waals surface area contributed by atoms with E-state index in [1.54, 1.807) is 19.1 Å². The molecule has 5 heteroatoms. The van der Waals surface area contributed by atoms with Crippen LogP contribution in [-0.2, 0) is 4.79 Å². The molecule has 1 aliphatic heterocycles. The van der Waals surface area contributed by atoms with Crippen LogP contribution in [0.4, 0.5) is 0 Å². The van der Waals surface area contributed by atoms with E-state index in [9.17, 15) is 14.7 Å². The average Bonchev–Trinajstić information content (AvgIpc) is 2.40. The first-order valence-corrected chi connectivity index (χ1v) is 6.19. The summed E-state index contributed by atoms with van der Waals surface area (Å²) in [5.41, 5.74) is 0.426. The van der Waals surface area contributed by atoms with Crippen molar-refractivity contribution in [1.82, 2.24) is 0 Å². The van der Waals surface area contributed by atoms with Gasteiger partial charge in [0.2, 0.25) is 11.2 Å². The summed E-state index contributed by atoms with van der Waals surface area (Å²) >= 11 is 0. The van der Waals surface area contributed by atoms with E-state index in [1.165, 1.54) is 18.2 Å². The molecule has 0 saturated carbocycles. The lowest BCUT2D eigenvalue weighted by Gasteiger charge is -2.23. The Bertz CT molecular complexity index is 727. The van der Waals surface area contributed by atoms with Gasteiger partial charge in [0.15, 0.2) is 5.76 Å². The standard InChI is InChI=1S/C15H12O5/c1-8-6-12(17)15-14(19-8)11(7-13(18)20-15)9-2-4-10(16)5-3-9/h2-6,11,16H,7H2,1H3. The molecule has 1 unspecified atom stereocenters. The van der Waals surface area contributed by atoms with Gasteiger partial charge in [0, 0.05) is 6.07 Å². The Morgan fingerprint density at radius 1 is 1.20 bits per heavy atom. The molecule has 0 fully saturated rings. The molecule has 0 saturated heterocycles. The highest BCUT2D eigenvalue weighted by atomic mass is 16.5. The lowest BCUT2D eigenvalue weighted by molar-refractivity contribution is -0.136. The quantitative estimate of drug-likeness (QED) is 0.804. The van der Waals surface area contributed by atoms with Crippen LogP contribution in [0.25, 0.3) is 0 Å². The number of fused-ring (bicyclic) bond motifs is 1. The zero-order valence-electron chi connectivity index (χ0n) is 10.8. The minimum absolute atomic E-state index is 0.0371. The van der Waals surface area contributed by atoms with Crippen molar-refractivity contribution in [2.24, 2.45) is 0 Å². The summed E-state index contributed by atoms with van der Waals surface area (Å²) in [6, 6.07) is 7.76. The van der Waals surface area contributed by atoms with Crippen LogP contribution in [0.15, 0.2) is 39.5 Å². The van der Waals surface area contributed by atoms with Crippen LogP contribution < -0.4 is 10.2 Å². The molecule has 2 heterocycles. The summed E-state index contributed by atoms with van der Waals surface area (Å²) in [6.07, 6.45) is 0.101. The smallest absolute Gasteiger partial charge is 0.312 e. The van der Waals surface area contributed by atoms with Crippen LogP contribution in [-0.4, -0.2) is 11.1 Å². The van der Waals surface area contributed by atoms with Crippen LogP contribution in [0.2, 0.25) is 0 Å². The molecule has 0 amide bonds. The molecular weight excluding hydrogens is 260 g/mol. The maximum Gasteiger partial charge on any atom is 0.312 e. The fourth-order valence-corrected chi connectivity index (χ4v) is 2.34. The molecule has 0 radical (unpaired) electrons. The van der Waals surface area contributed by atoms with Gasteiger partial charge in [0.1, 0.15) is 11.5 Å². The number of hydrogen-bond donors (Lipinski definition) is 1. The lowest BCUT2D eigenvalue weighted by atomic mass is 9.91. The van der Waals surface area contributed by atoms with E-state index in [-0.39, 0.29) is 29.3 Å². The molecule has 1 atom stereocenters. The summed E-state index contributed by atoms with van der Waals surface area (Å²) in [4.78, 5) is 23.5. The highest BCUT2D eigenvalue weighted by Gasteiger charge is 2.32. The zero-order valence-corrected chi connectivity index (χ0v) is 10.8. The third-order valence-electron chi connectivity index (χ3n) is 3.25. The fourth-order valence-electron chi connectivity index (χ4n) is 2.34. The molecular formula is C15H12O5. The molecule has 0 spiro atoms. The molecule has 0 aliphatic carbocycles. The molecule has 0 bridgehead atoms. The summed E-state index contributed by atoms with van der Waals surface area (Å²) in [5.74, 6) is 0.0879. The van der Waals surface area contributed by atoms with Crippen molar-refractivity contribution in [3.8, 4) is 11.5 Å². The summed E-state index contributed by atoms with van der Waals surface area (Å²) in [6.45, 7) is 1.67. The number of aromatic hydroxyl groups is 1. The number of benzene rings is 1. The van der Waals surface area contributed by atoms with Gasteiger partial charge in [0.25, 0.3) is 0 Å². The van der Waals surface area contributed by atoms with Crippen LogP contribution in [0.3, 0.4) is 0 Å². The molecule has 1 aromatic heterocycles. The number of rotatable bonds is 1. The Hall–Kier alpha value is -2.56. The lowest BCUT2D eigenvalue weighted by Crippen LogP contribution is -2.25. The molecule has 1 aliphatic rings. The number of esters is 1. The summed E-state index contributed by atoms with van der Waals surface area (Å²) < 4.78 is 10.6. The first kappa shape index (κ1) is 12.5. The highest BCUT2D eigenvalue weighted by Crippen LogP contribution is 2.37. The van der Waals surface area contributed by atoms with Gasteiger partial charge in [-0.1, -0.05) is 12.1 Å². The van der Waals surface area contributed by atoms with Gasteiger partial charge >= 0.3 is 5.97 Å². The maximum absolute atomic E-state index is 11.9. The Morgan fingerprint density at radius 3 is 2.60 bits per heavy atom. The predicted octanol–water partition coefficient (Wildman–Crippen LogP) is 2.09. The SMILES string of the molecule is Cc1cc(=O)c2c(o1)C(c1ccc(O)cc1)CC(=O)O2. The minimum atomic E-state index is -0.466. The minimum Gasteiger partial charge on any atom is -0.508 e. The van der Waals surface area contributed by atoms with Crippen molar-refractivity contribution in [1.29, 1.82) is 0 Å². The molecule has 20 heavy (non-hydrogen) atoms. The van der Waals surface area contributed by atoms with Crippen LogP contribution in [0.5, 0.6) is 11.5 Å². The van der Waals surface area contributed by atoms with Crippen molar-refractivity contribution >= 4 is 5.97 Å². The van der Waals surface area contributed by atoms with E-state index in [1.807, 2.05) is 0 Å². The van der Waals surface area contributed by atoms with Crippen LogP contribution in [0.1, 0.15) is 29.4 Å². The summed E-state index contributed by atoms with van der Waals surface area (Å²) in [5, 5.41) is 9.33. The first-order valence-electron chi connectivity index (χ1n) is 6.19. The zero-order chi connectivity index (χ0) is 14.3. The number of hydrogen-bond acceptors (Lipinski definition) is 5. The van der Waals surface area contributed by atoms with E-state index in [0.29, 0.717) is 11.5 Å². The monoisotopic (exact) mass is 272 g/mol. The topological polar surface area (TPSA) is 76.7 Å². The number of ether oxygens (including phenoxy) is 1. The van der Waals surface area contributed by atoms with Crippen LogP contribution in [0, 0.1) is 6.92 Å². The van der Waals surface area contributed by atoms with Crippen molar-refractivity contribution in [3.05, 3.63) is 57.6 Å². The third kappa shape index (κ3) is 2.07. The number of carbonyl (C=O) groups excluding carboxylic acids is 1. The maximum atomic E-state index is 11.9. The second kappa shape index (κ2) is 4.52. The van der Waals surface area contributed by atoms with E-state index >= 15 is 0 Å². The second-order valence-corrected chi connectivity index (χ2v) is 4.74. The van der Waals surface area contributed by atoms with Gasteiger partial charge < -0.3 is 14.3 Å². The number of phenolic OH excluding ortho intramolecular Hbond substituents is 1. The molecule has 3 rings (SSSR count). The van der Waals surface area contributed by atoms with Crippen molar-refractivity contribution < 1.29 is 19.1 Å².